The van der Waals surface area contributed by atoms with Crippen LogP contribution in [0.4, 0.5) is 18.9 Å². The van der Waals surface area contributed by atoms with E-state index < -0.39 is 17.6 Å². The molecule has 2 aromatic carbocycles. The SMILES string of the molecule is O=C(Cc1cc(-c2ccc(Cl)cc2)on1)Nc1ccccc1C(F)(F)F. The van der Waals surface area contributed by atoms with E-state index in [-0.39, 0.29) is 12.1 Å². The van der Waals surface area contributed by atoms with Crippen molar-refractivity contribution < 1.29 is 22.5 Å². The Kier molecular flexibility index (Phi) is 4.99. The van der Waals surface area contributed by atoms with Crippen LogP contribution >= 0.6 is 11.6 Å². The van der Waals surface area contributed by atoms with Gasteiger partial charge in [-0.3, -0.25) is 4.79 Å². The van der Waals surface area contributed by atoms with Gasteiger partial charge in [0.05, 0.1) is 23.4 Å². The number of anilines is 1. The van der Waals surface area contributed by atoms with Crippen LogP contribution < -0.4 is 5.32 Å². The van der Waals surface area contributed by atoms with Crippen LogP contribution in [0, 0.1) is 0 Å². The number of alkyl halides is 3. The molecular weight excluding hydrogens is 369 g/mol. The lowest BCUT2D eigenvalue weighted by atomic mass is 10.1. The van der Waals surface area contributed by atoms with Crippen LogP contribution in [0.5, 0.6) is 0 Å². The Morgan fingerprint density at radius 2 is 1.81 bits per heavy atom. The van der Waals surface area contributed by atoms with Crippen molar-refractivity contribution in [3.05, 3.63) is 70.9 Å². The molecule has 0 aliphatic carbocycles. The summed E-state index contributed by atoms with van der Waals surface area (Å²) in [7, 11) is 0. The van der Waals surface area contributed by atoms with Crippen LogP contribution in [0.3, 0.4) is 0 Å². The highest BCUT2D eigenvalue weighted by molar-refractivity contribution is 6.30. The van der Waals surface area contributed by atoms with E-state index in [1.54, 1.807) is 30.3 Å². The summed E-state index contributed by atoms with van der Waals surface area (Å²) in [6.45, 7) is 0. The molecule has 26 heavy (non-hydrogen) atoms. The fourth-order valence-electron chi connectivity index (χ4n) is 2.34. The molecule has 0 fully saturated rings. The Morgan fingerprint density at radius 1 is 1.12 bits per heavy atom. The highest BCUT2D eigenvalue weighted by Crippen LogP contribution is 2.34. The number of rotatable bonds is 4. The number of halogens is 4. The van der Waals surface area contributed by atoms with Gasteiger partial charge in [0.2, 0.25) is 5.91 Å². The van der Waals surface area contributed by atoms with E-state index in [1.807, 2.05) is 0 Å². The first-order chi connectivity index (χ1) is 12.3. The maximum absolute atomic E-state index is 13.0. The van der Waals surface area contributed by atoms with Crippen molar-refractivity contribution in [2.24, 2.45) is 0 Å². The molecule has 3 aromatic rings. The van der Waals surface area contributed by atoms with Crippen molar-refractivity contribution in [2.45, 2.75) is 12.6 Å². The van der Waals surface area contributed by atoms with Crippen molar-refractivity contribution in [2.75, 3.05) is 5.32 Å². The number of benzene rings is 2. The first-order valence-electron chi connectivity index (χ1n) is 7.50. The van der Waals surface area contributed by atoms with E-state index in [0.29, 0.717) is 16.5 Å². The van der Waals surface area contributed by atoms with E-state index in [2.05, 4.69) is 10.5 Å². The first kappa shape index (κ1) is 18.0. The number of nitrogens with zero attached hydrogens (tertiary/aromatic N) is 1. The quantitative estimate of drug-likeness (QED) is 0.677. The number of aromatic nitrogens is 1. The van der Waals surface area contributed by atoms with Crippen LogP contribution in [0.1, 0.15) is 11.3 Å². The van der Waals surface area contributed by atoms with Gasteiger partial charge in [-0.1, -0.05) is 28.9 Å². The van der Waals surface area contributed by atoms with Gasteiger partial charge in [0, 0.05) is 16.7 Å². The Morgan fingerprint density at radius 3 is 2.50 bits per heavy atom. The summed E-state index contributed by atoms with van der Waals surface area (Å²) in [4.78, 5) is 12.1. The molecule has 0 saturated heterocycles. The van der Waals surface area contributed by atoms with Gasteiger partial charge in [-0.05, 0) is 36.4 Å². The second-order valence-electron chi connectivity index (χ2n) is 5.46. The third kappa shape index (κ3) is 4.23. The average molecular weight is 381 g/mol. The fraction of sp³-hybridized carbons (Fsp3) is 0.111. The zero-order valence-electron chi connectivity index (χ0n) is 13.2. The molecule has 1 aromatic heterocycles. The van der Waals surface area contributed by atoms with E-state index in [0.717, 1.165) is 11.6 Å². The topological polar surface area (TPSA) is 55.1 Å². The summed E-state index contributed by atoms with van der Waals surface area (Å²) >= 11 is 5.82. The Balaban J connectivity index is 1.71. The lowest BCUT2D eigenvalue weighted by molar-refractivity contribution is -0.137. The van der Waals surface area contributed by atoms with Gasteiger partial charge in [-0.2, -0.15) is 13.2 Å². The van der Waals surface area contributed by atoms with Crippen molar-refractivity contribution in [1.82, 2.24) is 5.16 Å². The van der Waals surface area contributed by atoms with Crippen LogP contribution in [0.15, 0.2) is 59.1 Å². The molecule has 4 nitrogen and oxygen atoms in total. The van der Waals surface area contributed by atoms with Crippen molar-refractivity contribution in [3.8, 4) is 11.3 Å². The summed E-state index contributed by atoms with van der Waals surface area (Å²) in [5.41, 5.74) is -0.185. The second-order valence-corrected chi connectivity index (χ2v) is 5.89. The molecule has 0 bridgehead atoms. The van der Waals surface area contributed by atoms with Crippen molar-refractivity contribution in [3.63, 3.8) is 0 Å². The van der Waals surface area contributed by atoms with Gasteiger partial charge in [0.1, 0.15) is 0 Å². The fourth-order valence-corrected chi connectivity index (χ4v) is 2.47. The number of hydrogen-bond acceptors (Lipinski definition) is 3. The zero-order chi connectivity index (χ0) is 18.7. The summed E-state index contributed by atoms with van der Waals surface area (Å²) in [5, 5.41) is 6.61. The molecule has 134 valence electrons. The summed E-state index contributed by atoms with van der Waals surface area (Å²) in [6, 6.07) is 13.2. The lowest BCUT2D eigenvalue weighted by Gasteiger charge is -2.13. The zero-order valence-corrected chi connectivity index (χ0v) is 13.9. The van der Waals surface area contributed by atoms with E-state index >= 15 is 0 Å². The highest BCUT2D eigenvalue weighted by atomic mass is 35.5. The molecule has 1 heterocycles. The van der Waals surface area contributed by atoms with E-state index in [4.69, 9.17) is 16.1 Å². The number of nitrogens with one attached hydrogen (secondary N) is 1. The Hall–Kier alpha value is -2.80. The average Bonchev–Trinajstić information content (AvgIpc) is 3.03. The minimum absolute atomic E-state index is 0.219. The minimum Gasteiger partial charge on any atom is -0.356 e. The van der Waals surface area contributed by atoms with Gasteiger partial charge in [-0.15, -0.1) is 0 Å². The smallest absolute Gasteiger partial charge is 0.356 e. The van der Waals surface area contributed by atoms with Crippen LogP contribution in [0.2, 0.25) is 5.02 Å². The number of carbonyl (C=O) groups is 1. The molecule has 0 spiro atoms. The number of amides is 1. The molecule has 0 atom stereocenters. The Labute approximate surface area is 151 Å². The molecule has 3 rings (SSSR count). The van der Waals surface area contributed by atoms with E-state index in [9.17, 15) is 18.0 Å². The molecule has 1 amide bonds. The molecule has 0 radical (unpaired) electrons. The van der Waals surface area contributed by atoms with Crippen molar-refractivity contribution >= 4 is 23.2 Å². The van der Waals surface area contributed by atoms with Crippen LogP contribution in [-0.2, 0) is 17.4 Å². The standard InChI is InChI=1S/C18H12ClF3N2O2/c19-12-7-5-11(6-8-12)16-9-13(24-26-16)10-17(25)23-15-4-2-1-3-14(15)18(20,21)22/h1-9H,10H2,(H,23,25). The maximum Gasteiger partial charge on any atom is 0.418 e. The van der Waals surface area contributed by atoms with Gasteiger partial charge in [-0.25, -0.2) is 0 Å². The normalized spacial score (nSPS) is 11.4. The second kappa shape index (κ2) is 7.21. The molecule has 8 heteroatoms. The number of carbonyl (C=O) groups excluding carboxylic acids is 1. The monoisotopic (exact) mass is 380 g/mol. The van der Waals surface area contributed by atoms with Gasteiger partial charge < -0.3 is 9.84 Å². The van der Waals surface area contributed by atoms with Gasteiger partial charge in [0.15, 0.2) is 5.76 Å². The summed E-state index contributed by atoms with van der Waals surface area (Å²) < 4.78 is 44.0. The molecule has 0 unspecified atom stereocenters. The third-order valence-corrected chi connectivity index (χ3v) is 3.79. The lowest BCUT2D eigenvalue weighted by Crippen LogP contribution is -2.18. The Bertz CT molecular complexity index is 921. The maximum atomic E-state index is 13.0. The first-order valence-corrected chi connectivity index (χ1v) is 7.88. The van der Waals surface area contributed by atoms with Crippen LogP contribution in [-0.4, -0.2) is 11.1 Å². The summed E-state index contributed by atoms with van der Waals surface area (Å²) in [6.07, 6.45) is -4.78. The minimum atomic E-state index is -4.56. The van der Waals surface area contributed by atoms with E-state index in [1.165, 1.54) is 18.2 Å². The molecule has 0 aliphatic rings. The predicted octanol–water partition coefficient (Wildman–Crippen LogP) is 5.20. The highest BCUT2D eigenvalue weighted by Gasteiger charge is 2.33. The third-order valence-electron chi connectivity index (χ3n) is 3.54. The predicted molar refractivity (Wildman–Crippen MR) is 90.7 cm³/mol. The summed E-state index contributed by atoms with van der Waals surface area (Å²) in [5.74, 6) is -0.196. The van der Waals surface area contributed by atoms with Gasteiger partial charge in [0.25, 0.3) is 0 Å². The molecule has 1 N–H and O–H groups in total. The van der Waals surface area contributed by atoms with Crippen LogP contribution in [0.25, 0.3) is 11.3 Å². The molecule has 0 saturated carbocycles. The number of hydrogen-bond donors (Lipinski definition) is 1. The molecule has 0 aliphatic heterocycles. The van der Waals surface area contributed by atoms with Gasteiger partial charge >= 0.3 is 6.18 Å². The van der Waals surface area contributed by atoms with Crippen molar-refractivity contribution in [1.29, 1.82) is 0 Å². The molecular formula is C18H12ClF3N2O2. The number of para-hydroxylation sites is 1. The largest absolute Gasteiger partial charge is 0.418 e.